The Morgan fingerprint density at radius 2 is 1.28 bits per heavy atom. The molecule has 0 heterocycles. The molecule has 0 spiro atoms. The maximum atomic E-state index is 5.72. The van der Waals surface area contributed by atoms with E-state index < -0.39 is 0 Å². The molecule has 0 bridgehead atoms. The van der Waals surface area contributed by atoms with Crippen LogP contribution >= 0.6 is 11.1 Å². The predicted octanol–water partition coefficient (Wildman–Crippen LogP) is -1.51. The van der Waals surface area contributed by atoms with Crippen LogP contribution in [-0.2, 0) is 23.3 Å². The number of hydrogen-bond acceptors (Lipinski definition) is 0. The Hall–Kier alpha value is 0.670. The average Bonchev–Trinajstić information content (AvgIpc) is 2.98. The van der Waals surface area contributed by atoms with E-state index in [4.69, 9.17) is 11.1 Å². The van der Waals surface area contributed by atoms with Crippen molar-refractivity contribution in [3.63, 3.8) is 0 Å². The molecule has 5 heteroatoms. The third-order valence-corrected chi connectivity index (χ3v) is 4.93. The van der Waals surface area contributed by atoms with Crippen molar-refractivity contribution in [3.05, 3.63) is 60.7 Å². The van der Waals surface area contributed by atoms with Gasteiger partial charge in [0, 0.05) is 0 Å². The first-order valence-corrected chi connectivity index (χ1v) is 11.7. The summed E-state index contributed by atoms with van der Waals surface area (Å²) in [5.74, 6) is 0. The molecular weight excluding hydrogens is 382 g/mol. The molecule has 0 nitrogen and oxygen atoms in total. The molecule has 0 aliphatic carbocycles. The van der Waals surface area contributed by atoms with Crippen LogP contribution in [0, 0.1) is 0 Å². The second kappa shape index (κ2) is 20.0. The van der Waals surface area contributed by atoms with E-state index in [9.17, 15) is 0 Å². The molecule has 2 aromatic rings. The SMILES string of the molecule is CCC[Si](Cl)=[Zr+2].[Cl-].[Cl-].c1cc[cH-]c1.c1cc[cH-]c1. The van der Waals surface area contributed by atoms with Crippen LogP contribution in [0.2, 0.25) is 6.04 Å². The Morgan fingerprint density at radius 1 is 0.944 bits per heavy atom. The van der Waals surface area contributed by atoms with Gasteiger partial charge in [0.05, 0.1) is 0 Å². The molecule has 0 fully saturated rings. The molecule has 0 aromatic heterocycles. The third-order valence-electron chi connectivity index (χ3n) is 1.58. The van der Waals surface area contributed by atoms with Gasteiger partial charge < -0.3 is 24.8 Å². The normalized spacial score (nSPS) is 7.33. The van der Waals surface area contributed by atoms with Crippen LogP contribution < -0.4 is 24.8 Å². The summed E-state index contributed by atoms with van der Waals surface area (Å²) in [6.07, 6.45) is 1.27. The van der Waals surface area contributed by atoms with Gasteiger partial charge in [0.15, 0.2) is 0 Å². The van der Waals surface area contributed by atoms with Crippen LogP contribution in [0.25, 0.3) is 0 Å². The van der Waals surface area contributed by atoms with Gasteiger partial charge in [-0.2, -0.15) is 36.4 Å². The molecule has 2 aromatic carbocycles. The van der Waals surface area contributed by atoms with Gasteiger partial charge in [-0.3, -0.25) is 0 Å². The Morgan fingerprint density at radius 3 is 1.33 bits per heavy atom. The largest absolute Gasteiger partial charge is 1.00 e. The summed E-state index contributed by atoms with van der Waals surface area (Å²) < 4.78 is -0.323. The average molecular weight is 399 g/mol. The Bertz CT molecular complexity index is 259. The molecule has 0 N–H and O–H groups in total. The molecule has 0 saturated heterocycles. The standard InChI is InChI=1S/2C5H5.C3H7ClSi.2ClH.Zr/c2*1-2-4-5-3-1;1-2-3-5-4;;;/h2*1-5H;2-3H2,1H3;2*1H;/q2*-1;;;;+2/p-2. The van der Waals surface area contributed by atoms with Gasteiger partial charge in [-0.15, -0.1) is 0 Å². The molecule has 0 saturated carbocycles. The summed E-state index contributed by atoms with van der Waals surface area (Å²) in [4.78, 5) is 0. The first kappa shape index (κ1) is 23.7. The van der Waals surface area contributed by atoms with Gasteiger partial charge in [-0.25, -0.2) is 24.3 Å². The maximum Gasteiger partial charge on any atom is -0.172 e. The summed E-state index contributed by atoms with van der Waals surface area (Å²) in [5.41, 5.74) is 0. The van der Waals surface area contributed by atoms with E-state index in [0.29, 0.717) is 0 Å². The first-order valence-electron chi connectivity index (χ1n) is 5.33. The van der Waals surface area contributed by atoms with Crippen molar-refractivity contribution < 1.29 is 48.1 Å². The van der Waals surface area contributed by atoms with E-state index in [2.05, 4.69) is 6.92 Å². The van der Waals surface area contributed by atoms with Crippen LogP contribution in [0.5, 0.6) is 0 Å². The predicted molar refractivity (Wildman–Crippen MR) is 70.8 cm³/mol. The van der Waals surface area contributed by atoms with Gasteiger partial charge in [-0.1, -0.05) is 0 Å². The number of hydrogen-bond donors (Lipinski definition) is 0. The van der Waals surface area contributed by atoms with Gasteiger partial charge in [0.25, 0.3) is 0 Å². The van der Waals surface area contributed by atoms with Crippen molar-refractivity contribution in [1.82, 2.24) is 0 Å². The molecule has 0 radical (unpaired) electrons. The minimum Gasteiger partial charge on any atom is -1.00 e. The topological polar surface area (TPSA) is 0 Å². The second-order valence-corrected chi connectivity index (χ2v) is 12.5. The van der Waals surface area contributed by atoms with Crippen molar-refractivity contribution in [2.24, 2.45) is 0 Å². The monoisotopic (exact) mass is 396 g/mol. The van der Waals surface area contributed by atoms with Gasteiger partial charge in [0.2, 0.25) is 0 Å². The van der Waals surface area contributed by atoms with Crippen molar-refractivity contribution in [1.29, 1.82) is 0 Å². The minimum absolute atomic E-state index is 0. The van der Waals surface area contributed by atoms with Crippen molar-refractivity contribution in [2.75, 3.05) is 0 Å². The Balaban J connectivity index is -0.000000178. The van der Waals surface area contributed by atoms with Crippen LogP contribution in [0.1, 0.15) is 13.3 Å². The molecule has 0 unspecified atom stereocenters. The van der Waals surface area contributed by atoms with Crippen molar-refractivity contribution >= 4 is 15.8 Å². The Labute approximate surface area is 143 Å². The molecular formula is C13H17Cl3SiZr-2. The maximum absolute atomic E-state index is 5.72. The quantitative estimate of drug-likeness (QED) is 0.328. The van der Waals surface area contributed by atoms with E-state index in [0.717, 1.165) is 0 Å². The summed E-state index contributed by atoms with van der Waals surface area (Å²) in [6.45, 7) is 2.18. The molecule has 0 aliphatic heterocycles. The Kier molecular flexibility index (Phi) is 26.4. The first-order chi connectivity index (χ1) is 7.77. The molecule has 0 aliphatic rings. The number of halogens is 3. The molecule has 100 valence electrons. The molecule has 0 amide bonds. The van der Waals surface area contributed by atoms with Crippen LogP contribution in [-0.4, -0.2) is 4.74 Å². The number of rotatable bonds is 2. The summed E-state index contributed by atoms with van der Waals surface area (Å²) in [5, 5.41) is 0. The third kappa shape index (κ3) is 21.9. The second-order valence-electron chi connectivity index (χ2n) is 3.08. The summed E-state index contributed by atoms with van der Waals surface area (Å²) >= 11 is 7.27. The van der Waals surface area contributed by atoms with Crippen molar-refractivity contribution in [2.45, 2.75) is 19.4 Å². The van der Waals surface area contributed by atoms with Crippen LogP contribution in [0.15, 0.2) is 60.7 Å². The summed E-state index contributed by atoms with van der Waals surface area (Å²) in [7, 11) is 0. The zero-order valence-corrected chi connectivity index (χ0v) is 16.0. The minimum atomic E-state index is -0.323. The fourth-order valence-electron chi connectivity index (χ4n) is 0.861. The summed E-state index contributed by atoms with van der Waals surface area (Å²) in [6, 6.07) is 21.3. The fraction of sp³-hybridized carbons (Fsp3) is 0.231. The molecule has 18 heavy (non-hydrogen) atoms. The smallest absolute Gasteiger partial charge is 0.172 e. The van der Waals surface area contributed by atoms with Crippen molar-refractivity contribution in [3.8, 4) is 0 Å². The van der Waals surface area contributed by atoms with E-state index in [1.54, 1.807) is 23.3 Å². The van der Waals surface area contributed by atoms with Gasteiger partial charge in [-0.05, 0) is 0 Å². The van der Waals surface area contributed by atoms with E-state index in [1.807, 2.05) is 60.7 Å². The molecule has 0 atom stereocenters. The van der Waals surface area contributed by atoms with Crippen LogP contribution in [0.4, 0.5) is 0 Å². The zero-order valence-electron chi connectivity index (χ0n) is 10.3. The fourth-order valence-corrected chi connectivity index (χ4v) is 3.71. The van der Waals surface area contributed by atoms with E-state index in [1.165, 1.54) is 12.5 Å². The van der Waals surface area contributed by atoms with Crippen LogP contribution in [0.3, 0.4) is 0 Å². The zero-order chi connectivity index (χ0) is 12.1. The van der Waals surface area contributed by atoms with Gasteiger partial charge in [0.1, 0.15) is 0 Å². The van der Waals surface area contributed by atoms with Gasteiger partial charge >= 0.3 is 58.5 Å². The van der Waals surface area contributed by atoms with E-state index >= 15 is 0 Å². The molecule has 2 rings (SSSR count). The van der Waals surface area contributed by atoms with E-state index in [-0.39, 0.29) is 29.6 Å².